The number of rotatable bonds is 4. The van der Waals surface area contributed by atoms with Crippen LogP contribution in [-0.2, 0) is 26.3 Å². The van der Waals surface area contributed by atoms with Crippen molar-refractivity contribution in [1.82, 2.24) is 4.90 Å². The van der Waals surface area contributed by atoms with E-state index in [4.69, 9.17) is 9.47 Å². The molecule has 0 radical (unpaired) electrons. The number of phenols is 1. The Bertz CT molecular complexity index is 863. The Morgan fingerprint density at radius 3 is 2.70 bits per heavy atom. The first kappa shape index (κ1) is 18.0. The van der Waals surface area contributed by atoms with E-state index in [2.05, 4.69) is 4.90 Å². The Morgan fingerprint density at radius 2 is 2.11 bits per heavy atom. The number of ether oxygens (including phenoxy) is 2. The van der Waals surface area contributed by atoms with Crippen LogP contribution >= 0.6 is 0 Å². The molecule has 0 spiro atoms. The van der Waals surface area contributed by atoms with Gasteiger partial charge in [0.25, 0.3) is 0 Å². The number of likely N-dealkylation sites (N-methyl/N-ethyl adjacent to an activating group) is 1. The number of benzene rings is 1. The predicted molar refractivity (Wildman–Crippen MR) is 95.7 cm³/mol. The Hall–Kier alpha value is -2.38. The smallest absolute Gasteiger partial charge is 0.197 e. The molecule has 1 fully saturated rings. The number of aromatic hydroxyl groups is 1. The SMILES string of the molecule is COC1=CC2[C@@H]3[C@H](C=O)c4c(CO)cc(OC)c(O)c4[C@@]2(CC1=O)CN3C. The highest BCUT2D eigenvalue weighted by Crippen LogP contribution is 2.61. The number of hydrogen-bond donors (Lipinski definition) is 2. The monoisotopic (exact) mass is 373 g/mol. The van der Waals surface area contributed by atoms with Gasteiger partial charge in [0.2, 0.25) is 0 Å². The van der Waals surface area contributed by atoms with Crippen LogP contribution in [0.3, 0.4) is 0 Å². The van der Waals surface area contributed by atoms with Gasteiger partial charge in [-0.1, -0.05) is 0 Å². The number of methoxy groups -OCH3 is 2. The van der Waals surface area contributed by atoms with Gasteiger partial charge < -0.3 is 29.4 Å². The second kappa shape index (κ2) is 6.07. The van der Waals surface area contributed by atoms with Crippen LogP contribution in [0, 0.1) is 5.92 Å². The zero-order valence-corrected chi connectivity index (χ0v) is 15.6. The first-order valence-corrected chi connectivity index (χ1v) is 8.92. The van der Waals surface area contributed by atoms with Crippen molar-refractivity contribution in [3.63, 3.8) is 0 Å². The predicted octanol–water partition coefficient (Wildman–Crippen LogP) is 0.860. The minimum Gasteiger partial charge on any atom is -0.504 e. The van der Waals surface area contributed by atoms with Crippen molar-refractivity contribution < 1.29 is 29.3 Å². The number of carbonyl (C=O) groups is 2. The van der Waals surface area contributed by atoms with Crippen LogP contribution in [0.5, 0.6) is 11.5 Å². The number of ketones is 1. The minimum absolute atomic E-state index is 0.0580. The molecule has 2 N–H and O–H groups in total. The fourth-order valence-electron chi connectivity index (χ4n) is 5.54. The van der Waals surface area contributed by atoms with E-state index in [1.807, 2.05) is 7.05 Å². The maximum Gasteiger partial charge on any atom is 0.197 e. The summed E-state index contributed by atoms with van der Waals surface area (Å²) in [4.78, 5) is 26.9. The molecule has 1 saturated heterocycles. The molecule has 2 aliphatic carbocycles. The Kier molecular flexibility index (Phi) is 4.05. The average molecular weight is 373 g/mol. The summed E-state index contributed by atoms with van der Waals surface area (Å²) in [6, 6.07) is 1.40. The minimum atomic E-state index is -0.685. The number of fused-ring (bicyclic) bond motifs is 1. The molecule has 7 heteroatoms. The van der Waals surface area contributed by atoms with Gasteiger partial charge in [-0.3, -0.25) is 4.79 Å². The summed E-state index contributed by atoms with van der Waals surface area (Å²) in [6.45, 7) is 0.234. The molecule has 4 atom stereocenters. The number of aliphatic hydroxyl groups is 1. The Balaban J connectivity index is 2.09. The van der Waals surface area contributed by atoms with Gasteiger partial charge in [-0.2, -0.15) is 0 Å². The lowest BCUT2D eigenvalue weighted by Gasteiger charge is -2.45. The number of nitrogens with zero attached hydrogens (tertiary/aromatic N) is 1. The number of carbonyl (C=O) groups excluding carboxylic acids is 2. The van der Waals surface area contributed by atoms with Crippen LogP contribution in [0.4, 0.5) is 0 Å². The van der Waals surface area contributed by atoms with Gasteiger partial charge in [0, 0.05) is 35.9 Å². The molecule has 0 amide bonds. The molecule has 2 bridgehead atoms. The molecular weight excluding hydrogens is 350 g/mol. The Labute approximate surface area is 157 Å². The zero-order valence-electron chi connectivity index (χ0n) is 15.6. The molecule has 3 aliphatic rings. The number of aldehydes is 1. The highest BCUT2D eigenvalue weighted by Gasteiger charge is 2.62. The summed E-state index contributed by atoms with van der Waals surface area (Å²) in [5, 5.41) is 20.9. The van der Waals surface area contributed by atoms with Crippen molar-refractivity contribution >= 4 is 12.1 Å². The van der Waals surface area contributed by atoms with Crippen molar-refractivity contribution in [1.29, 1.82) is 0 Å². The number of Topliss-reactive ketones (excluding diaryl/α,β-unsaturated/α-hetero) is 1. The van der Waals surface area contributed by atoms with E-state index in [1.54, 1.807) is 12.1 Å². The summed E-state index contributed by atoms with van der Waals surface area (Å²) < 4.78 is 10.6. The third kappa shape index (κ3) is 2.15. The lowest BCUT2D eigenvalue weighted by atomic mass is 9.56. The maximum absolute atomic E-state index is 12.7. The summed E-state index contributed by atoms with van der Waals surface area (Å²) >= 11 is 0. The van der Waals surface area contributed by atoms with Gasteiger partial charge in [0.05, 0.1) is 26.7 Å². The highest BCUT2D eigenvalue weighted by atomic mass is 16.5. The van der Waals surface area contributed by atoms with Crippen LogP contribution in [0.1, 0.15) is 29.0 Å². The highest BCUT2D eigenvalue weighted by molar-refractivity contribution is 5.96. The summed E-state index contributed by atoms with van der Waals surface area (Å²) in [7, 11) is 4.83. The largest absolute Gasteiger partial charge is 0.504 e. The van der Waals surface area contributed by atoms with Crippen LogP contribution < -0.4 is 4.74 Å². The van der Waals surface area contributed by atoms with Crippen molar-refractivity contribution in [2.24, 2.45) is 5.92 Å². The van der Waals surface area contributed by atoms with Crippen LogP contribution in [0.2, 0.25) is 0 Å². The van der Waals surface area contributed by atoms with Crippen molar-refractivity contribution in [3.05, 3.63) is 34.6 Å². The van der Waals surface area contributed by atoms with E-state index in [1.165, 1.54) is 14.2 Å². The molecule has 4 rings (SSSR count). The fourth-order valence-corrected chi connectivity index (χ4v) is 5.54. The zero-order chi connectivity index (χ0) is 19.5. The van der Waals surface area contributed by atoms with Crippen molar-refractivity contribution in [3.8, 4) is 11.5 Å². The maximum atomic E-state index is 12.7. The summed E-state index contributed by atoms with van der Waals surface area (Å²) in [5.74, 6) is -0.357. The number of allylic oxidation sites excluding steroid dienone is 1. The number of likely N-dealkylation sites (tertiary alicyclic amines) is 1. The second-order valence-corrected chi connectivity index (χ2v) is 7.62. The molecule has 27 heavy (non-hydrogen) atoms. The van der Waals surface area contributed by atoms with Gasteiger partial charge in [0.1, 0.15) is 6.29 Å². The third-order valence-corrected chi connectivity index (χ3v) is 6.48. The molecule has 1 unspecified atom stereocenters. The van der Waals surface area contributed by atoms with Crippen LogP contribution in [0.25, 0.3) is 0 Å². The van der Waals surface area contributed by atoms with Crippen LogP contribution in [-0.4, -0.2) is 61.0 Å². The molecule has 1 aromatic rings. The summed E-state index contributed by atoms with van der Waals surface area (Å²) in [6.07, 6.45) is 2.84. The van der Waals surface area contributed by atoms with E-state index in [0.29, 0.717) is 29.0 Å². The standard InChI is InChI=1S/C20H23NO6/c1-21-9-20-6-13(24)14(26-2)5-12(20)18(21)11(8-23)16-10(7-22)4-15(27-3)19(25)17(16)20/h4-5,8,11-12,18,22,25H,6-7,9H2,1-3H3/t11-,12?,18+,20+/m1/s1. The van der Waals surface area contributed by atoms with Gasteiger partial charge in [0.15, 0.2) is 23.0 Å². The Morgan fingerprint density at radius 1 is 1.37 bits per heavy atom. The molecule has 1 aliphatic heterocycles. The van der Waals surface area contributed by atoms with Gasteiger partial charge in [-0.15, -0.1) is 0 Å². The van der Waals surface area contributed by atoms with Gasteiger partial charge in [-0.05, 0) is 30.3 Å². The molecule has 1 heterocycles. The molecule has 0 saturated carbocycles. The fraction of sp³-hybridized carbons (Fsp3) is 0.500. The third-order valence-electron chi connectivity index (χ3n) is 6.48. The first-order chi connectivity index (χ1) is 12.9. The van der Waals surface area contributed by atoms with E-state index in [9.17, 15) is 19.8 Å². The quantitative estimate of drug-likeness (QED) is 0.756. The number of hydrogen-bond acceptors (Lipinski definition) is 7. The lowest BCUT2D eigenvalue weighted by Crippen LogP contribution is -2.48. The second-order valence-electron chi connectivity index (χ2n) is 7.62. The first-order valence-electron chi connectivity index (χ1n) is 8.92. The van der Waals surface area contributed by atoms with E-state index >= 15 is 0 Å². The average Bonchev–Trinajstić information content (AvgIpc) is 2.87. The molecule has 7 nitrogen and oxygen atoms in total. The van der Waals surface area contributed by atoms with Crippen molar-refractivity contribution in [2.75, 3.05) is 27.8 Å². The van der Waals surface area contributed by atoms with E-state index < -0.39 is 11.3 Å². The summed E-state index contributed by atoms with van der Waals surface area (Å²) in [5.41, 5.74) is 1.03. The van der Waals surface area contributed by atoms with Gasteiger partial charge >= 0.3 is 0 Å². The lowest BCUT2D eigenvalue weighted by molar-refractivity contribution is -0.120. The molecule has 0 aromatic heterocycles. The number of aliphatic hydroxyl groups excluding tert-OH is 1. The molecular formula is C20H23NO6. The van der Waals surface area contributed by atoms with E-state index in [0.717, 1.165) is 6.29 Å². The molecule has 144 valence electrons. The van der Waals surface area contributed by atoms with Crippen molar-refractivity contribution in [2.45, 2.75) is 30.4 Å². The normalized spacial score (nSPS) is 31.8. The van der Waals surface area contributed by atoms with Crippen LogP contribution in [0.15, 0.2) is 17.9 Å². The van der Waals surface area contributed by atoms with E-state index in [-0.39, 0.29) is 42.3 Å². The topological polar surface area (TPSA) is 96.3 Å². The van der Waals surface area contributed by atoms with Gasteiger partial charge in [-0.25, -0.2) is 0 Å². The molecule has 1 aromatic carbocycles. The number of phenolic OH excluding ortho intramolecular Hbond substituents is 1.